The number of aromatic nitrogens is 1. The molecule has 5 rings (SSSR count). The van der Waals surface area contributed by atoms with Gasteiger partial charge in [-0.3, -0.25) is 14.6 Å². The molecule has 2 aliphatic rings. The number of aromatic amines is 1. The van der Waals surface area contributed by atoms with Crippen LogP contribution < -0.4 is 5.32 Å². The lowest BCUT2D eigenvalue weighted by Gasteiger charge is -2.42. The Labute approximate surface area is 203 Å². The molecule has 0 aliphatic carbocycles. The van der Waals surface area contributed by atoms with E-state index in [2.05, 4.69) is 16.9 Å². The van der Waals surface area contributed by atoms with Crippen molar-refractivity contribution in [3.05, 3.63) is 77.0 Å². The highest BCUT2D eigenvalue weighted by Crippen LogP contribution is 2.49. The van der Waals surface area contributed by atoms with Crippen molar-refractivity contribution in [3.63, 3.8) is 0 Å². The van der Waals surface area contributed by atoms with Crippen molar-refractivity contribution in [1.82, 2.24) is 20.1 Å². The summed E-state index contributed by atoms with van der Waals surface area (Å²) in [6.45, 7) is 7.21. The molecule has 176 valence electrons. The minimum absolute atomic E-state index is 0.105. The summed E-state index contributed by atoms with van der Waals surface area (Å²) in [7, 11) is 0. The van der Waals surface area contributed by atoms with E-state index in [1.54, 1.807) is 29.2 Å². The average Bonchev–Trinajstić information content (AvgIpc) is 3.24. The molecule has 0 bridgehead atoms. The summed E-state index contributed by atoms with van der Waals surface area (Å²) in [6.07, 6.45) is 2.81. The fourth-order valence-electron chi connectivity index (χ4n) is 5.29. The molecular formula is C26H27ClN4O3. The van der Waals surface area contributed by atoms with E-state index in [1.165, 1.54) is 4.90 Å². The number of carbonyl (C=O) groups is 2. The molecule has 1 fully saturated rings. The molecule has 8 heteroatoms. The number of hydrogen-bond donors (Lipinski definition) is 3. The van der Waals surface area contributed by atoms with Crippen LogP contribution in [-0.2, 0) is 11.2 Å². The van der Waals surface area contributed by atoms with Gasteiger partial charge in [-0.2, -0.15) is 0 Å². The summed E-state index contributed by atoms with van der Waals surface area (Å²) in [4.78, 5) is 34.0. The Morgan fingerprint density at radius 2 is 2.12 bits per heavy atom. The number of aromatic hydroxyl groups is 1. The van der Waals surface area contributed by atoms with Gasteiger partial charge in [0, 0.05) is 41.1 Å². The van der Waals surface area contributed by atoms with Gasteiger partial charge in [-0.1, -0.05) is 29.8 Å². The molecule has 2 aliphatic heterocycles. The molecule has 0 spiro atoms. The lowest BCUT2D eigenvalue weighted by molar-refractivity contribution is -0.133. The number of benzene rings is 2. The minimum atomic E-state index is -1.05. The minimum Gasteiger partial charge on any atom is -0.508 e. The van der Waals surface area contributed by atoms with Gasteiger partial charge in [0.1, 0.15) is 17.3 Å². The molecule has 0 radical (unpaired) electrons. The number of phenols is 1. The van der Waals surface area contributed by atoms with E-state index in [9.17, 15) is 14.7 Å². The highest BCUT2D eigenvalue weighted by molar-refractivity contribution is 6.31. The van der Waals surface area contributed by atoms with Crippen molar-refractivity contribution in [2.75, 3.05) is 19.6 Å². The topological polar surface area (TPSA) is 88.7 Å². The number of imide groups is 1. The summed E-state index contributed by atoms with van der Waals surface area (Å²) < 4.78 is 0. The second kappa shape index (κ2) is 8.49. The Bertz CT molecular complexity index is 1300. The first-order chi connectivity index (χ1) is 16.3. The normalized spacial score (nSPS) is 21.8. The fourth-order valence-corrected chi connectivity index (χ4v) is 5.46. The van der Waals surface area contributed by atoms with Crippen molar-refractivity contribution in [1.29, 1.82) is 0 Å². The second-order valence-electron chi connectivity index (χ2n) is 9.11. The Hall–Kier alpha value is -3.29. The predicted molar refractivity (Wildman–Crippen MR) is 132 cm³/mol. The Balaban J connectivity index is 1.60. The van der Waals surface area contributed by atoms with Crippen LogP contribution in [0.3, 0.4) is 0 Å². The number of urea groups is 1. The van der Waals surface area contributed by atoms with E-state index in [4.69, 9.17) is 11.6 Å². The van der Waals surface area contributed by atoms with Crippen LogP contribution in [0.5, 0.6) is 5.75 Å². The number of rotatable bonds is 7. The molecule has 34 heavy (non-hydrogen) atoms. The van der Waals surface area contributed by atoms with Gasteiger partial charge in [0.25, 0.3) is 5.91 Å². The predicted octanol–water partition coefficient (Wildman–Crippen LogP) is 4.36. The number of nitrogens with zero attached hydrogens (tertiary/aromatic N) is 2. The molecule has 0 saturated carbocycles. The van der Waals surface area contributed by atoms with Gasteiger partial charge < -0.3 is 15.4 Å². The lowest BCUT2D eigenvalue weighted by Crippen LogP contribution is -2.53. The Morgan fingerprint density at radius 3 is 2.88 bits per heavy atom. The lowest BCUT2D eigenvalue weighted by atomic mass is 9.81. The molecule has 3 heterocycles. The van der Waals surface area contributed by atoms with Crippen LogP contribution in [-0.4, -0.2) is 57.0 Å². The number of H-pyrrole nitrogens is 1. The van der Waals surface area contributed by atoms with Crippen LogP contribution in [0.1, 0.15) is 36.2 Å². The largest absolute Gasteiger partial charge is 0.508 e. The summed E-state index contributed by atoms with van der Waals surface area (Å²) in [5.41, 5.74) is 2.40. The second-order valence-corrected chi connectivity index (χ2v) is 9.55. The zero-order valence-electron chi connectivity index (χ0n) is 19.0. The number of carbonyl (C=O) groups excluding carboxylic acids is 2. The summed E-state index contributed by atoms with van der Waals surface area (Å²) in [6, 6.07) is 11.6. The maximum atomic E-state index is 13.7. The highest BCUT2D eigenvalue weighted by Gasteiger charge is 2.60. The van der Waals surface area contributed by atoms with Crippen LogP contribution >= 0.6 is 11.6 Å². The number of hydrogen-bond acceptors (Lipinski definition) is 4. The third kappa shape index (κ3) is 3.47. The molecule has 7 nitrogen and oxygen atoms in total. The van der Waals surface area contributed by atoms with Gasteiger partial charge in [-0.25, -0.2) is 4.79 Å². The zero-order chi connectivity index (χ0) is 24.0. The highest BCUT2D eigenvalue weighted by atomic mass is 35.5. The van der Waals surface area contributed by atoms with Crippen LogP contribution in [0.2, 0.25) is 5.02 Å². The number of phenolic OH excluding ortho intramolecular Hbond substituents is 1. The molecule has 3 aromatic rings. The first kappa shape index (κ1) is 22.5. The molecular weight excluding hydrogens is 452 g/mol. The van der Waals surface area contributed by atoms with E-state index < -0.39 is 11.6 Å². The van der Waals surface area contributed by atoms with Gasteiger partial charge in [0.2, 0.25) is 0 Å². The van der Waals surface area contributed by atoms with E-state index >= 15 is 0 Å². The third-order valence-corrected chi connectivity index (χ3v) is 7.07. The van der Waals surface area contributed by atoms with Crippen molar-refractivity contribution in [3.8, 4) is 5.75 Å². The van der Waals surface area contributed by atoms with Crippen molar-refractivity contribution < 1.29 is 14.7 Å². The molecule has 0 unspecified atom stereocenters. The average molecular weight is 479 g/mol. The van der Waals surface area contributed by atoms with E-state index in [0.717, 1.165) is 27.7 Å². The van der Waals surface area contributed by atoms with E-state index in [0.29, 0.717) is 37.5 Å². The third-order valence-electron chi connectivity index (χ3n) is 6.84. The molecule has 3 N–H and O–H groups in total. The van der Waals surface area contributed by atoms with Crippen molar-refractivity contribution >= 4 is 34.4 Å². The Kier molecular flexibility index (Phi) is 5.62. The standard InChI is InChI=1S/C26H27ClN4O3/c1-3-10-28-11-5-12-30-24(33)26(2)15-20-19-14-17(27)8-9-21(19)29-22(20)23(31(26)25(30)34)16-6-4-7-18(32)13-16/h3-4,6-9,13-14,23,28-29,32H,1,5,10-12,15H2,2H3/t23-,26+/m1/s1. The molecule has 2 atom stereocenters. The zero-order valence-corrected chi connectivity index (χ0v) is 19.7. The number of fused-ring (bicyclic) bond motifs is 4. The van der Waals surface area contributed by atoms with Crippen LogP contribution in [0.4, 0.5) is 4.79 Å². The van der Waals surface area contributed by atoms with Gasteiger partial charge >= 0.3 is 6.03 Å². The first-order valence-corrected chi connectivity index (χ1v) is 11.8. The van der Waals surface area contributed by atoms with Crippen molar-refractivity contribution in [2.45, 2.75) is 31.3 Å². The quantitative estimate of drug-likeness (QED) is 0.267. The molecule has 2 aromatic carbocycles. The van der Waals surface area contributed by atoms with Gasteiger partial charge in [0.05, 0.1) is 0 Å². The smallest absolute Gasteiger partial charge is 0.328 e. The molecule has 3 amide bonds. The Morgan fingerprint density at radius 1 is 1.29 bits per heavy atom. The summed E-state index contributed by atoms with van der Waals surface area (Å²) >= 11 is 6.31. The fraction of sp³-hybridized carbons (Fsp3) is 0.308. The van der Waals surface area contributed by atoms with Gasteiger partial charge in [-0.05, 0) is 61.3 Å². The van der Waals surface area contributed by atoms with E-state index in [1.807, 2.05) is 31.2 Å². The van der Waals surface area contributed by atoms with Gasteiger partial charge in [-0.15, -0.1) is 6.58 Å². The summed E-state index contributed by atoms with van der Waals surface area (Å²) in [5, 5.41) is 15.0. The maximum Gasteiger partial charge on any atom is 0.328 e. The van der Waals surface area contributed by atoms with Crippen LogP contribution in [0.15, 0.2) is 55.1 Å². The number of amides is 3. The van der Waals surface area contributed by atoms with E-state index in [-0.39, 0.29) is 17.7 Å². The monoisotopic (exact) mass is 478 g/mol. The van der Waals surface area contributed by atoms with Crippen LogP contribution in [0, 0.1) is 0 Å². The number of halogens is 1. The van der Waals surface area contributed by atoms with Crippen molar-refractivity contribution in [2.24, 2.45) is 0 Å². The van der Waals surface area contributed by atoms with Crippen LogP contribution in [0.25, 0.3) is 10.9 Å². The van der Waals surface area contributed by atoms with Gasteiger partial charge in [0.15, 0.2) is 0 Å². The SMILES string of the molecule is C=CCNCCCN1C(=O)N2[C@H](c3cccc(O)c3)c3[nH]c4ccc(Cl)cc4c3C[C@@]2(C)C1=O. The maximum absolute atomic E-state index is 13.7. The first-order valence-electron chi connectivity index (χ1n) is 11.4. The number of nitrogens with one attached hydrogen (secondary N) is 2. The molecule has 1 saturated heterocycles. The molecule has 1 aromatic heterocycles. The summed E-state index contributed by atoms with van der Waals surface area (Å²) in [5.74, 6) is -0.0954.